The Morgan fingerprint density at radius 3 is 2.82 bits per heavy atom. The van der Waals surface area contributed by atoms with Crippen LogP contribution in [0.4, 0.5) is 5.69 Å². The van der Waals surface area contributed by atoms with Gasteiger partial charge in [-0.2, -0.15) is 0 Å². The van der Waals surface area contributed by atoms with Gasteiger partial charge >= 0.3 is 11.8 Å². The predicted molar refractivity (Wildman–Crippen MR) is 108 cm³/mol. The molecule has 2 N–H and O–H groups in total. The molecule has 1 saturated heterocycles. The highest BCUT2D eigenvalue weighted by atomic mass is 16.2. The number of aryl methyl sites for hydroxylation is 1. The summed E-state index contributed by atoms with van der Waals surface area (Å²) in [5.74, 6) is -0.308. The number of amides is 2. The Bertz CT molecular complexity index is 891. The third-order valence-corrected chi connectivity index (χ3v) is 5.97. The number of nitrogens with one attached hydrogen (secondary N) is 2. The van der Waals surface area contributed by atoms with Crippen molar-refractivity contribution >= 4 is 17.5 Å². The highest BCUT2D eigenvalue weighted by Crippen LogP contribution is 2.26. The monoisotopic (exact) mass is 381 g/mol. The largest absolute Gasteiger partial charge is 0.343 e. The number of rotatable bonds is 3. The van der Waals surface area contributed by atoms with E-state index >= 15 is 0 Å². The molecule has 4 rings (SSSR count). The van der Waals surface area contributed by atoms with Gasteiger partial charge in [-0.25, -0.2) is 4.98 Å². The Kier molecular flexibility index (Phi) is 5.17. The van der Waals surface area contributed by atoms with Crippen molar-refractivity contribution in [3.63, 3.8) is 0 Å². The number of likely N-dealkylation sites (N-methyl/N-ethyl adjacent to an activating group) is 1. The maximum absolute atomic E-state index is 12.4. The summed E-state index contributed by atoms with van der Waals surface area (Å²) in [6.07, 6.45) is 6.20. The molecule has 148 valence electrons. The number of carbonyl (C=O) groups is 2. The zero-order chi connectivity index (χ0) is 19.7. The van der Waals surface area contributed by atoms with Gasteiger partial charge in [-0.3, -0.25) is 9.59 Å². The molecule has 0 bridgehead atoms. The summed E-state index contributed by atoms with van der Waals surface area (Å²) >= 11 is 0. The first-order chi connectivity index (χ1) is 13.5. The van der Waals surface area contributed by atoms with Gasteiger partial charge in [0.1, 0.15) is 5.82 Å². The van der Waals surface area contributed by atoms with Crippen LogP contribution in [0.2, 0.25) is 0 Å². The van der Waals surface area contributed by atoms with E-state index in [0.717, 1.165) is 43.7 Å². The van der Waals surface area contributed by atoms with Crippen molar-refractivity contribution in [2.24, 2.45) is 0 Å². The molecule has 0 saturated carbocycles. The first-order valence-corrected chi connectivity index (χ1v) is 10.00. The quantitative estimate of drug-likeness (QED) is 0.798. The van der Waals surface area contributed by atoms with Gasteiger partial charge in [-0.05, 0) is 51.8 Å². The number of benzene rings is 1. The van der Waals surface area contributed by atoms with Gasteiger partial charge in [-0.1, -0.05) is 12.1 Å². The lowest BCUT2D eigenvalue weighted by Crippen LogP contribution is -2.46. The van der Waals surface area contributed by atoms with Gasteiger partial charge in [0.25, 0.3) is 0 Å². The van der Waals surface area contributed by atoms with Crippen molar-refractivity contribution in [1.29, 1.82) is 0 Å². The third-order valence-electron chi connectivity index (χ3n) is 5.97. The molecule has 2 aliphatic rings. The number of hydrogen-bond acceptors (Lipinski definition) is 4. The minimum absolute atomic E-state index is 0.00558. The van der Waals surface area contributed by atoms with E-state index in [-0.39, 0.29) is 12.1 Å². The molecule has 2 atom stereocenters. The molecule has 1 aromatic carbocycles. The minimum Gasteiger partial charge on any atom is -0.343 e. The predicted octanol–water partition coefficient (Wildman–Crippen LogP) is 2.03. The maximum atomic E-state index is 12.4. The number of hydrogen-bond donors (Lipinski definition) is 2. The second kappa shape index (κ2) is 7.75. The van der Waals surface area contributed by atoms with E-state index in [4.69, 9.17) is 0 Å². The lowest BCUT2D eigenvalue weighted by molar-refractivity contribution is -0.136. The molecule has 1 fully saturated rings. The van der Waals surface area contributed by atoms with Gasteiger partial charge in [-0.15, -0.1) is 0 Å². The third kappa shape index (κ3) is 3.67. The second-order valence-corrected chi connectivity index (χ2v) is 7.81. The van der Waals surface area contributed by atoms with Gasteiger partial charge < -0.3 is 20.1 Å². The summed E-state index contributed by atoms with van der Waals surface area (Å²) in [5.41, 5.74) is 2.80. The van der Waals surface area contributed by atoms with Crippen LogP contribution in [0, 0.1) is 0 Å². The number of aromatic nitrogens is 2. The molecule has 2 amide bonds. The number of likely N-dealkylation sites (tertiary alicyclic amines) is 1. The van der Waals surface area contributed by atoms with Crippen LogP contribution in [0.1, 0.15) is 31.9 Å². The first-order valence-electron chi connectivity index (χ1n) is 10.00. The SMILES string of the molecule is CC1C(NC(=O)C(=O)Nc2cccc(-c3ncc4n3CCCC4)c2)CCN1C. The fourth-order valence-electron chi connectivity index (χ4n) is 4.11. The van der Waals surface area contributed by atoms with Gasteiger partial charge in [0.2, 0.25) is 0 Å². The highest BCUT2D eigenvalue weighted by Gasteiger charge is 2.30. The van der Waals surface area contributed by atoms with Crippen LogP contribution >= 0.6 is 0 Å². The van der Waals surface area contributed by atoms with E-state index in [1.807, 2.05) is 31.4 Å². The molecule has 3 heterocycles. The zero-order valence-corrected chi connectivity index (χ0v) is 16.4. The fraction of sp³-hybridized carbons (Fsp3) is 0.476. The van der Waals surface area contributed by atoms with Crippen LogP contribution in [-0.2, 0) is 22.6 Å². The molecule has 0 aliphatic carbocycles. The van der Waals surface area contributed by atoms with Crippen LogP contribution in [0.15, 0.2) is 30.5 Å². The molecule has 0 spiro atoms. The van der Waals surface area contributed by atoms with E-state index in [0.29, 0.717) is 5.69 Å². The highest BCUT2D eigenvalue weighted by molar-refractivity contribution is 6.39. The lowest BCUT2D eigenvalue weighted by atomic mass is 10.1. The smallest absolute Gasteiger partial charge is 0.313 e. The van der Waals surface area contributed by atoms with Crippen LogP contribution < -0.4 is 10.6 Å². The van der Waals surface area contributed by atoms with Crippen molar-refractivity contribution < 1.29 is 9.59 Å². The summed E-state index contributed by atoms with van der Waals surface area (Å²) in [5, 5.41) is 5.58. The first kappa shape index (κ1) is 18.7. The Hall–Kier alpha value is -2.67. The van der Waals surface area contributed by atoms with Crippen molar-refractivity contribution in [2.45, 2.75) is 51.2 Å². The summed E-state index contributed by atoms with van der Waals surface area (Å²) in [6, 6.07) is 7.76. The van der Waals surface area contributed by atoms with E-state index < -0.39 is 11.8 Å². The average molecular weight is 381 g/mol. The van der Waals surface area contributed by atoms with Crippen LogP contribution in [0.5, 0.6) is 0 Å². The molecular formula is C21H27N5O2. The number of carbonyl (C=O) groups excluding carboxylic acids is 2. The molecular weight excluding hydrogens is 354 g/mol. The minimum atomic E-state index is -0.635. The topological polar surface area (TPSA) is 79.3 Å². The number of imidazole rings is 1. The van der Waals surface area contributed by atoms with E-state index in [1.54, 1.807) is 6.07 Å². The number of fused-ring (bicyclic) bond motifs is 1. The number of anilines is 1. The summed E-state index contributed by atoms with van der Waals surface area (Å²) < 4.78 is 2.25. The van der Waals surface area contributed by atoms with Crippen LogP contribution in [-0.4, -0.2) is 51.9 Å². The van der Waals surface area contributed by atoms with Crippen molar-refractivity contribution in [3.05, 3.63) is 36.2 Å². The molecule has 2 unspecified atom stereocenters. The Morgan fingerprint density at radius 1 is 1.18 bits per heavy atom. The van der Waals surface area contributed by atoms with Gasteiger partial charge in [0.05, 0.1) is 0 Å². The van der Waals surface area contributed by atoms with Gasteiger partial charge in [0, 0.05) is 48.3 Å². The van der Waals surface area contributed by atoms with Crippen molar-refractivity contribution in [2.75, 3.05) is 18.9 Å². The Morgan fingerprint density at radius 2 is 2.04 bits per heavy atom. The van der Waals surface area contributed by atoms with E-state index in [2.05, 4.69) is 32.0 Å². The standard InChI is InChI=1S/C21H27N5O2/c1-14-18(9-11-25(14)2)24-21(28)20(27)23-16-7-5-6-15(12-16)19-22-13-17-8-3-4-10-26(17)19/h5-7,12-14,18H,3-4,8-11H2,1-2H3,(H,23,27)(H,24,28). The molecule has 7 heteroatoms. The van der Waals surface area contributed by atoms with E-state index in [1.165, 1.54) is 12.1 Å². The zero-order valence-electron chi connectivity index (χ0n) is 16.4. The van der Waals surface area contributed by atoms with Crippen molar-refractivity contribution in [3.8, 4) is 11.4 Å². The average Bonchev–Trinajstić information content (AvgIpc) is 3.27. The molecule has 0 radical (unpaired) electrons. The summed E-state index contributed by atoms with van der Waals surface area (Å²) in [4.78, 5) is 31.4. The summed E-state index contributed by atoms with van der Waals surface area (Å²) in [7, 11) is 2.02. The molecule has 2 aliphatic heterocycles. The second-order valence-electron chi connectivity index (χ2n) is 7.81. The van der Waals surface area contributed by atoms with Crippen molar-refractivity contribution in [1.82, 2.24) is 19.8 Å². The summed E-state index contributed by atoms with van der Waals surface area (Å²) in [6.45, 7) is 3.95. The fourth-order valence-corrected chi connectivity index (χ4v) is 4.11. The Labute approximate surface area is 165 Å². The molecule has 2 aromatic rings. The normalized spacial score (nSPS) is 21.9. The molecule has 7 nitrogen and oxygen atoms in total. The maximum Gasteiger partial charge on any atom is 0.313 e. The van der Waals surface area contributed by atoms with Crippen LogP contribution in [0.3, 0.4) is 0 Å². The van der Waals surface area contributed by atoms with Gasteiger partial charge in [0.15, 0.2) is 0 Å². The lowest BCUT2D eigenvalue weighted by Gasteiger charge is -2.21. The molecule has 28 heavy (non-hydrogen) atoms. The Balaban J connectivity index is 1.44. The van der Waals surface area contributed by atoms with Crippen LogP contribution in [0.25, 0.3) is 11.4 Å². The van der Waals surface area contributed by atoms with E-state index in [9.17, 15) is 9.59 Å². The number of nitrogens with zero attached hydrogens (tertiary/aromatic N) is 3. The molecule has 1 aromatic heterocycles.